The Bertz CT molecular complexity index is 864. The third-order valence-corrected chi connectivity index (χ3v) is 5.20. The molecule has 0 aliphatic carbocycles. The summed E-state index contributed by atoms with van der Waals surface area (Å²) in [6, 6.07) is 16.0. The summed E-state index contributed by atoms with van der Waals surface area (Å²) >= 11 is 2.22. The number of likely N-dealkylation sites (N-methyl/N-ethyl adjacent to an activating group) is 1. The molecular weight excluding hydrogens is 441 g/mol. The van der Waals surface area contributed by atoms with E-state index in [4.69, 9.17) is 0 Å². The lowest BCUT2D eigenvalue weighted by atomic mass is 10.1. The van der Waals surface area contributed by atoms with Gasteiger partial charge in [-0.05, 0) is 66.4 Å². The SMILES string of the molecule is C[C@H](c1ccc(-n2cncn2)cc1)N(C)CC(=O)Nc1ccccc1I. The Kier molecular flexibility index (Phi) is 6.00. The van der Waals surface area contributed by atoms with Gasteiger partial charge in [0.2, 0.25) is 5.91 Å². The quantitative estimate of drug-likeness (QED) is 0.571. The zero-order chi connectivity index (χ0) is 18.5. The number of carbonyl (C=O) groups is 1. The van der Waals surface area contributed by atoms with Gasteiger partial charge in [0.1, 0.15) is 12.7 Å². The molecule has 0 radical (unpaired) electrons. The first-order valence-electron chi connectivity index (χ1n) is 8.24. The molecule has 7 heteroatoms. The van der Waals surface area contributed by atoms with Crippen LogP contribution in [0.3, 0.4) is 0 Å². The normalized spacial score (nSPS) is 12.2. The molecule has 0 saturated carbocycles. The monoisotopic (exact) mass is 461 g/mol. The standard InChI is InChI=1S/C19H20IN5O/c1-14(15-7-9-16(10-8-15)25-13-21-12-22-25)24(2)11-19(26)23-18-6-4-3-5-17(18)20/h3-10,12-14H,11H2,1-2H3,(H,23,26)/t14-/m1/s1. The minimum absolute atomic E-state index is 0.0253. The Morgan fingerprint density at radius 2 is 1.96 bits per heavy atom. The van der Waals surface area contributed by atoms with Crippen LogP contribution in [0.25, 0.3) is 5.69 Å². The van der Waals surface area contributed by atoms with Gasteiger partial charge < -0.3 is 5.32 Å². The summed E-state index contributed by atoms with van der Waals surface area (Å²) < 4.78 is 2.74. The second-order valence-electron chi connectivity index (χ2n) is 6.05. The Balaban J connectivity index is 1.61. The van der Waals surface area contributed by atoms with Gasteiger partial charge in [0, 0.05) is 9.61 Å². The van der Waals surface area contributed by atoms with Crippen LogP contribution < -0.4 is 5.32 Å². The number of anilines is 1. The van der Waals surface area contributed by atoms with Crippen LogP contribution in [0.1, 0.15) is 18.5 Å². The van der Waals surface area contributed by atoms with Crippen LogP contribution in [-0.2, 0) is 4.79 Å². The van der Waals surface area contributed by atoms with E-state index in [0.29, 0.717) is 6.54 Å². The maximum absolute atomic E-state index is 12.3. The maximum Gasteiger partial charge on any atom is 0.238 e. The van der Waals surface area contributed by atoms with Crippen LogP contribution >= 0.6 is 22.6 Å². The van der Waals surface area contributed by atoms with Crippen molar-refractivity contribution < 1.29 is 4.79 Å². The molecule has 0 aliphatic rings. The van der Waals surface area contributed by atoms with Gasteiger partial charge in [-0.3, -0.25) is 9.69 Å². The fraction of sp³-hybridized carbons (Fsp3) is 0.211. The summed E-state index contributed by atoms with van der Waals surface area (Å²) in [5.41, 5.74) is 2.94. The molecule has 1 N–H and O–H groups in total. The Morgan fingerprint density at radius 1 is 1.23 bits per heavy atom. The number of hydrogen-bond acceptors (Lipinski definition) is 4. The summed E-state index contributed by atoms with van der Waals surface area (Å²) in [7, 11) is 1.95. The number of nitrogens with one attached hydrogen (secondary N) is 1. The largest absolute Gasteiger partial charge is 0.324 e. The van der Waals surface area contributed by atoms with Crippen LogP contribution in [-0.4, -0.2) is 39.2 Å². The van der Waals surface area contributed by atoms with Crippen LogP contribution in [0.4, 0.5) is 5.69 Å². The highest BCUT2D eigenvalue weighted by molar-refractivity contribution is 14.1. The molecular formula is C19H20IN5O. The van der Waals surface area contributed by atoms with Crippen molar-refractivity contribution in [1.29, 1.82) is 0 Å². The van der Waals surface area contributed by atoms with E-state index in [1.165, 1.54) is 6.33 Å². The molecule has 0 saturated heterocycles. The predicted molar refractivity (Wildman–Crippen MR) is 110 cm³/mol. The molecule has 0 spiro atoms. The highest BCUT2D eigenvalue weighted by atomic mass is 127. The second-order valence-corrected chi connectivity index (χ2v) is 7.21. The molecule has 1 amide bonds. The molecule has 2 aromatic carbocycles. The molecule has 1 atom stereocenters. The smallest absolute Gasteiger partial charge is 0.238 e. The number of halogens is 1. The molecule has 134 valence electrons. The number of nitrogens with zero attached hydrogens (tertiary/aromatic N) is 4. The first kappa shape index (κ1) is 18.5. The van der Waals surface area contributed by atoms with Crippen molar-refractivity contribution >= 4 is 34.2 Å². The maximum atomic E-state index is 12.3. The topological polar surface area (TPSA) is 63.1 Å². The van der Waals surface area contributed by atoms with Crippen molar-refractivity contribution in [2.45, 2.75) is 13.0 Å². The second kappa shape index (κ2) is 8.41. The van der Waals surface area contributed by atoms with Crippen molar-refractivity contribution in [3.63, 3.8) is 0 Å². The highest BCUT2D eigenvalue weighted by Crippen LogP contribution is 2.21. The average Bonchev–Trinajstić information content (AvgIpc) is 3.18. The molecule has 1 heterocycles. The van der Waals surface area contributed by atoms with E-state index in [2.05, 4.69) is 57.0 Å². The molecule has 26 heavy (non-hydrogen) atoms. The molecule has 6 nitrogen and oxygen atoms in total. The van der Waals surface area contributed by atoms with Crippen LogP contribution in [0.5, 0.6) is 0 Å². The van der Waals surface area contributed by atoms with Gasteiger partial charge in [0.15, 0.2) is 0 Å². The van der Waals surface area contributed by atoms with Gasteiger partial charge in [-0.2, -0.15) is 5.10 Å². The van der Waals surface area contributed by atoms with Crippen molar-refractivity contribution in [2.75, 3.05) is 18.9 Å². The number of hydrogen-bond donors (Lipinski definition) is 1. The molecule has 1 aromatic heterocycles. The zero-order valence-electron chi connectivity index (χ0n) is 14.6. The van der Waals surface area contributed by atoms with E-state index in [9.17, 15) is 4.79 Å². The van der Waals surface area contributed by atoms with Crippen LogP contribution in [0, 0.1) is 3.57 Å². The van der Waals surface area contributed by atoms with Gasteiger partial charge in [0.05, 0.1) is 17.9 Å². The number of amides is 1. The summed E-state index contributed by atoms with van der Waals surface area (Å²) in [5.74, 6) is -0.0253. The first-order chi connectivity index (χ1) is 12.5. The lowest BCUT2D eigenvalue weighted by Gasteiger charge is -2.24. The Labute approximate surface area is 166 Å². The fourth-order valence-corrected chi connectivity index (χ4v) is 3.14. The summed E-state index contributed by atoms with van der Waals surface area (Å²) in [6.07, 6.45) is 3.18. The lowest BCUT2D eigenvalue weighted by Crippen LogP contribution is -2.32. The average molecular weight is 461 g/mol. The summed E-state index contributed by atoms with van der Waals surface area (Å²) in [6.45, 7) is 2.40. The first-order valence-corrected chi connectivity index (χ1v) is 9.32. The van der Waals surface area contributed by atoms with Gasteiger partial charge in [-0.25, -0.2) is 9.67 Å². The van der Waals surface area contributed by atoms with E-state index in [0.717, 1.165) is 20.5 Å². The van der Waals surface area contributed by atoms with E-state index in [1.54, 1.807) is 11.0 Å². The third kappa shape index (κ3) is 4.47. The minimum atomic E-state index is -0.0253. The summed E-state index contributed by atoms with van der Waals surface area (Å²) in [5, 5.41) is 7.09. The van der Waals surface area contributed by atoms with E-state index < -0.39 is 0 Å². The van der Waals surface area contributed by atoms with E-state index >= 15 is 0 Å². The molecule has 0 bridgehead atoms. The predicted octanol–water partition coefficient (Wildman–Crippen LogP) is 3.50. The Hall–Kier alpha value is -2.26. The number of carbonyl (C=O) groups excluding carboxylic acids is 1. The molecule has 0 aliphatic heterocycles. The van der Waals surface area contributed by atoms with Crippen molar-refractivity contribution in [2.24, 2.45) is 0 Å². The zero-order valence-corrected chi connectivity index (χ0v) is 16.8. The van der Waals surface area contributed by atoms with Crippen LogP contribution in [0.2, 0.25) is 0 Å². The number of para-hydroxylation sites is 1. The van der Waals surface area contributed by atoms with Gasteiger partial charge in [0.25, 0.3) is 0 Å². The number of rotatable bonds is 6. The number of benzene rings is 2. The summed E-state index contributed by atoms with van der Waals surface area (Å²) in [4.78, 5) is 18.3. The molecule has 0 fully saturated rings. The molecule has 0 unspecified atom stereocenters. The van der Waals surface area contributed by atoms with E-state index in [1.807, 2.05) is 48.3 Å². The minimum Gasteiger partial charge on any atom is -0.324 e. The molecule has 3 aromatic rings. The van der Waals surface area contributed by atoms with Crippen molar-refractivity contribution in [3.05, 3.63) is 70.3 Å². The third-order valence-electron chi connectivity index (χ3n) is 4.26. The fourth-order valence-electron chi connectivity index (χ4n) is 2.62. The van der Waals surface area contributed by atoms with E-state index in [-0.39, 0.29) is 11.9 Å². The van der Waals surface area contributed by atoms with Crippen molar-refractivity contribution in [3.8, 4) is 5.69 Å². The van der Waals surface area contributed by atoms with Gasteiger partial charge in [-0.15, -0.1) is 0 Å². The molecule has 3 rings (SSSR count). The van der Waals surface area contributed by atoms with Crippen LogP contribution in [0.15, 0.2) is 61.2 Å². The van der Waals surface area contributed by atoms with Gasteiger partial charge in [-0.1, -0.05) is 24.3 Å². The highest BCUT2D eigenvalue weighted by Gasteiger charge is 2.15. The Morgan fingerprint density at radius 3 is 2.62 bits per heavy atom. The van der Waals surface area contributed by atoms with Gasteiger partial charge >= 0.3 is 0 Å². The number of aromatic nitrogens is 3. The van der Waals surface area contributed by atoms with Crippen molar-refractivity contribution in [1.82, 2.24) is 19.7 Å². The lowest BCUT2D eigenvalue weighted by molar-refractivity contribution is -0.117.